The number of esters is 1. The van der Waals surface area contributed by atoms with E-state index >= 15 is 0 Å². The van der Waals surface area contributed by atoms with Crippen LogP contribution in [0.25, 0.3) is 11.1 Å². The van der Waals surface area contributed by atoms with Crippen molar-refractivity contribution in [3.05, 3.63) is 95.1 Å². The van der Waals surface area contributed by atoms with Gasteiger partial charge >= 0.3 is 18.2 Å². The van der Waals surface area contributed by atoms with Crippen LogP contribution in [0.5, 0.6) is 0 Å². The summed E-state index contributed by atoms with van der Waals surface area (Å²) in [5.74, 6) is -0.423. The lowest BCUT2D eigenvalue weighted by Gasteiger charge is -2.23. The summed E-state index contributed by atoms with van der Waals surface area (Å²) >= 11 is 0. The smallest absolute Gasteiger partial charge is 0.416 e. The Labute approximate surface area is 202 Å². The van der Waals surface area contributed by atoms with Crippen molar-refractivity contribution in [2.75, 3.05) is 13.7 Å². The molecule has 0 aliphatic carbocycles. The van der Waals surface area contributed by atoms with Crippen LogP contribution >= 0.6 is 0 Å². The molecule has 3 rings (SSSR count). The van der Waals surface area contributed by atoms with E-state index in [0.717, 1.165) is 17.7 Å². The van der Waals surface area contributed by atoms with Crippen molar-refractivity contribution in [2.24, 2.45) is 0 Å². The van der Waals surface area contributed by atoms with Gasteiger partial charge in [0.1, 0.15) is 6.61 Å². The number of benzene rings is 3. The Kier molecular flexibility index (Phi) is 8.52. The molecule has 0 heterocycles. The van der Waals surface area contributed by atoms with Gasteiger partial charge in [0.15, 0.2) is 0 Å². The summed E-state index contributed by atoms with van der Waals surface area (Å²) in [4.78, 5) is 25.7. The first kappa shape index (κ1) is 25.8. The first-order valence-electron chi connectivity index (χ1n) is 11.0. The van der Waals surface area contributed by atoms with Gasteiger partial charge in [-0.2, -0.15) is 13.2 Å². The van der Waals surface area contributed by atoms with Crippen LogP contribution < -0.4 is 0 Å². The lowest BCUT2D eigenvalue weighted by molar-refractivity contribution is -0.140. The quantitative estimate of drug-likeness (QED) is 0.354. The fourth-order valence-corrected chi connectivity index (χ4v) is 3.59. The Bertz CT molecular complexity index is 1160. The third-order valence-electron chi connectivity index (χ3n) is 5.45. The maximum absolute atomic E-state index is 13.5. The molecule has 0 radical (unpaired) electrons. The molecule has 0 aliphatic rings. The summed E-state index contributed by atoms with van der Waals surface area (Å²) in [5, 5.41) is 0. The minimum absolute atomic E-state index is 0.0349. The number of carbonyl (C=O) groups excluding carboxylic acids is 2. The topological polar surface area (TPSA) is 55.8 Å². The molecule has 0 bridgehead atoms. The number of hydrogen-bond acceptors (Lipinski definition) is 4. The molecule has 184 valence electrons. The van der Waals surface area contributed by atoms with Gasteiger partial charge in [-0.05, 0) is 46.9 Å². The van der Waals surface area contributed by atoms with E-state index in [1.807, 2.05) is 30.3 Å². The fraction of sp³-hybridized carbons (Fsp3) is 0.259. The van der Waals surface area contributed by atoms with Crippen molar-refractivity contribution >= 4 is 12.1 Å². The molecule has 5 nitrogen and oxygen atoms in total. The number of methoxy groups -OCH3 is 1. The number of alkyl halides is 3. The normalized spacial score (nSPS) is 11.1. The van der Waals surface area contributed by atoms with Gasteiger partial charge in [-0.1, -0.05) is 60.7 Å². The van der Waals surface area contributed by atoms with E-state index in [0.29, 0.717) is 22.3 Å². The summed E-state index contributed by atoms with van der Waals surface area (Å²) in [6.07, 6.45) is -5.13. The number of rotatable bonds is 8. The Balaban J connectivity index is 1.90. The first-order valence-corrected chi connectivity index (χ1v) is 11.0. The van der Waals surface area contributed by atoms with Gasteiger partial charge in [-0.25, -0.2) is 4.79 Å². The number of hydrogen-bond donors (Lipinski definition) is 0. The van der Waals surface area contributed by atoms with Crippen LogP contribution in [0, 0.1) is 0 Å². The Morgan fingerprint density at radius 3 is 2.29 bits per heavy atom. The van der Waals surface area contributed by atoms with Gasteiger partial charge < -0.3 is 14.4 Å². The zero-order valence-corrected chi connectivity index (χ0v) is 19.5. The van der Waals surface area contributed by atoms with Crippen LogP contribution in [0.2, 0.25) is 0 Å². The highest BCUT2D eigenvalue weighted by Crippen LogP contribution is 2.34. The second-order valence-electron chi connectivity index (χ2n) is 7.88. The maximum Gasteiger partial charge on any atom is 0.416 e. The average Bonchev–Trinajstić information content (AvgIpc) is 2.85. The first-order chi connectivity index (χ1) is 16.7. The summed E-state index contributed by atoms with van der Waals surface area (Å²) in [6.45, 7) is 1.95. The molecule has 1 amide bonds. The average molecular weight is 486 g/mol. The van der Waals surface area contributed by atoms with E-state index in [-0.39, 0.29) is 26.1 Å². The molecule has 0 fully saturated rings. The van der Waals surface area contributed by atoms with Crippen LogP contribution in [0.1, 0.15) is 29.2 Å². The van der Waals surface area contributed by atoms with Crippen LogP contribution in [-0.4, -0.2) is 30.6 Å². The molecule has 0 aromatic heterocycles. The van der Waals surface area contributed by atoms with Crippen LogP contribution in [0.3, 0.4) is 0 Å². The van der Waals surface area contributed by atoms with Crippen molar-refractivity contribution in [1.82, 2.24) is 4.90 Å². The molecule has 0 aliphatic heterocycles. The van der Waals surface area contributed by atoms with Gasteiger partial charge in [0.2, 0.25) is 0 Å². The summed E-state index contributed by atoms with van der Waals surface area (Å²) in [5.41, 5.74) is 2.13. The van der Waals surface area contributed by atoms with Gasteiger partial charge in [-0.15, -0.1) is 0 Å². The van der Waals surface area contributed by atoms with E-state index in [1.54, 1.807) is 31.2 Å². The number of carbonyl (C=O) groups is 2. The molecular weight excluding hydrogens is 459 g/mol. The molecule has 8 heteroatoms. The van der Waals surface area contributed by atoms with Crippen LogP contribution in [-0.2, 0) is 40.0 Å². The van der Waals surface area contributed by atoms with Crippen molar-refractivity contribution in [2.45, 2.75) is 32.7 Å². The van der Waals surface area contributed by atoms with Gasteiger partial charge in [-0.3, -0.25) is 4.79 Å². The molecule has 0 atom stereocenters. The fourth-order valence-electron chi connectivity index (χ4n) is 3.59. The summed E-state index contributed by atoms with van der Waals surface area (Å²) < 4.78 is 50.5. The van der Waals surface area contributed by atoms with Crippen molar-refractivity contribution in [3.63, 3.8) is 0 Å². The second-order valence-corrected chi connectivity index (χ2v) is 7.88. The Morgan fingerprint density at radius 2 is 1.63 bits per heavy atom. The molecular formula is C27H26F3NO4. The molecule has 3 aromatic rings. The zero-order valence-electron chi connectivity index (χ0n) is 19.5. The lowest BCUT2D eigenvalue weighted by Crippen LogP contribution is -2.31. The SMILES string of the molecule is CCN(Cc1cc(C(F)(F)F)ccc1-c1cccc(CC(=O)OC)c1)C(=O)OCc1ccccc1. The monoisotopic (exact) mass is 485 g/mol. The summed E-state index contributed by atoms with van der Waals surface area (Å²) in [7, 11) is 1.29. The van der Waals surface area contributed by atoms with E-state index in [2.05, 4.69) is 0 Å². The maximum atomic E-state index is 13.5. The molecule has 0 saturated heterocycles. The number of nitrogens with zero attached hydrogens (tertiary/aromatic N) is 1. The Hall–Kier alpha value is -3.81. The highest BCUT2D eigenvalue weighted by molar-refractivity contribution is 5.75. The van der Waals surface area contributed by atoms with E-state index in [1.165, 1.54) is 18.1 Å². The van der Waals surface area contributed by atoms with Gasteiger partial charge in [0.05, 0.1) is 19.1 Å². The van der Waals surface area contributed by atoms with E-state index in [9.17, 15) is 22.8 Å². The van der Waals surface area contributed by atoms with Crippen LogP contribution in [0.4, 0.5) is 18.0 Å². The van der Waals surface area contributed by atoms with Crippen molar-refractivity contribution in [3.8, 4) is 11.1 Å². The van der Waals surface area contributed by atoms with Gasteiger partial charge in [0, 0.05) is 13.1 Å². The predicted octanol–water partition coefficient (Wildman–Crippen LogP) is 6.25. The summed E-state index contributed by atoms with van der Waals surface area (Å²) in [6, 6.07) is 19.5. The lowest BCUT2D eigenvalue weighted by atomic mass is 9.95. The number of amides is 1. The van der Waals surface area contributed by atoms with Crippen molar-refractivity contribution < 1.29 is 32.2 Å². The molecule has 3 aromatic carbocycles. The van der Waals surface area contributed by atoms with E-state index in [4.69, 9.17) is 9.47 Å². The predicted molar refractivity (Wildman–Crippen MR) is 125 cm³/mol. The second kappa shape index (κ2) is 11.6. The van der Waals surface area contributed by atoms with E-state index < -0.39 is 23.8 Å². The minimum Gasteiger partial charge on any atom is -0.469 e. The molecule has 0 spiro atoms. The standard InChI is InChI=1S/C27H26F3NO4/c1-3-31(26(33)35-18-19-8-5-4-6-9-19)17-22-16-23(27(28,29)30)12-13-24(22)21-11-7-10-20(14-21)15-25(32)34-2/h4-14,16H,3,15,17-18H2,1-2H3. The third-order valence-corrected chi connectivity index (χ3v) is 5.45. The largest absolute Gasteiger partial charge is 0.469 e. The zero-order chi connectivity index (χ0) is 25.4. The highest BCUT2D eigenvalue weighted by atomic mass is 19.4. The van der Waals surface area contributed by atoms with Crippen molar-refractivity contribution in [1.29, 1.82) is 0 Å². The molecule has 0 N–H and O–H groups in total. The minimum atomic E-state index is -4.54. The van der Waals surface area contributed by atoms with Gasteiger partial charge in [0.25, 0.3) is 0 Å². The molecule has 0 saturated carbocycles. The molecule has 0 unspecified atom stereocenters. The third kappa shape index (κ3) is 7.09. The Morgan fingerprint density at radius 1 is 0.914 bits per heavy atom. The number of ether oxygens (including phenoxy) is 2. The number of halogens is 3. The van der Waals surface area contributed by atoms with Crippen LogP contribution in [0.15, 0.2) is 72.8 Å². The highest BCUT2D eigenvalue weighted by Gasteiger charge is 2.31. The molecule has 35 heavy (non-hydrogen) atoms.